The molecule has 0 atom stereocenters. The third-order valence-electron chi connectivity index (χ3n) is 5.14. The highest BCUT2D eigenvalue weighted by Crippen LogP contribution is 2.39. The number of rotatable bonds is 4. The second kappa shape index (κ2) is 7.14. The number of hydrogen-bond donors (Lipinski definition) is 0. The van der Waals surface area contributed by atoms with Gasteiger partial charge in [0.2, 0.25) is 5.91 Å². The van der Waals surface area contributed by atoms with Crippen molar-refractivity contribution in [3.8, 4) is 6.07 Å². The van der Waals surface area contributed by atoms with Gasteiger partial charge in [0.15, 0.2) is 0 Å². The molecule has 2 fully saturated rings. The van der Waals surface area contributed by atoms with Crippen molar-refractivity contribution in [2.75, 3.05) is 13.1 Å². The largest absolute Gasteiger partial charge is 0.373 e. The van der Waals surface area contributed by atoms with Crippen molar-refractivity contribution in [1.82, 2.24) is 4.90 Å². The second-order valence-electron chi connectivity index (χ2n) is 6.69. The number of carbonyl (C=O) groups excluding carboxylic acids is 1. The van der Waals surface area contributed by atoms with Crippen molar-refractivity contribution >= 4 is 5.91 Å². The Bertz CT molecular complexity index is 565. The van der Waals surface area contributed by atoms with Crippen molar-refractivity contribution in [3.63, 3.8) is 0 Å². The first kappa shape index (κ1) is 16.0. The average Bonchev–Trinajstić information content (AvgIpc) is 3.11. The Morgan fingerprint density at radius 1 is 1.22 bits per heavy atom. The predicted octanol–water partition coefficient (Wildman–Crippen LogP) is 3.28. The number of piperidine rings is 1. The summed E-state index contributed by atoms with van der Waals surface area (Å²) in [4.78, 5) is 14.6. The molecule has 4 heteroatoms. The van der Waals surface area contributed by atoms with Crippen LogP contribution in [0.25, 0.3) is 0 Å². The highest BCUT2D eigenvalue weighted by Gasteiger charge is 2.44. The van der Waals surface area contributed by atoms with E-state index in [0.29, 0.717) is 19.7 Å². The average molecular weight is 312 g/mol. The van der Waals surface area contributed by atoms with Crippen LogP contribution in [0.4, 0.5) is 0 Å². The summed E-state index contributed by atoms with van der Waals surface area (Å²) in [5, 5.41) is 9.46. The Morgan fingerprint density at radius 2 is 1.87 bits per heavy atom. The lowest BCUT2D eigenvalue weighted by Crippen LogP contribution is -2.47. The lowest BCUT2D eigenvalue weighted by molar-refractivity contribution is -0.141. The lowest BCUT2D eigenvalue weighted by atomic mass is 9.85. The van der Waals surface area contributed by atoms with Crippen LogP contribution in [0, 0.1) is 16.7 Å². The van der Waals surface area contributed by atoms with Crippen LogP contribution >= 0.6 is 0 Å². The van der Waals surface area contributed by atoms with E-state index in [1.165, 1.54) is 5.56 Å². The van der Waals surface area contributed by atoms with E-state index in [9.17, 15) is 10.1 Å². The van der Waals surface area contributed by atoms with E-state index in [1.54, 1.807) is 0 Å². The van der Waals surface area contributed by atoms with Gasteiger partial charge in [0.05, 0.1) is 18.8 Å². The van der Waals surface area contributed by atoms with E-state index in [-0.39, 0.29) is 12.0 Å². The van der Waals surface area contributed by atoms with E-state index in [4.69, 9.17) is 4.74 Å². The number of ether oxygens (including phenoxy) is 1. The Kier molecular flexibility index (Phi) is 4.97. The van der Waals surface area contributed by atoms with Crippen LogP contribution in [-0.2, 0) is 16.1 Å². The van der Waals surface area contributed by atoms with Gasteiger partial charge in [-0.1, -0.05) is 43.2 Å². The fourth-order valence-corrected chi connectivity index (χ4v) is 3.67. The van der Waals surface area contributed by atoms with Gasteiger partial charge in [0.1, 0.15) is 5.41 Å². The van der Waals surface area contributed by atoms with Crippen LogP contribution in [0.3, 0.4) is 0 Å². The van der Waals surface area contributed by atoms with Crippen molar-refractivity contribution in [1.29, 1.82) is 5.26 Å². The van der Waals surface area contributed by atoms with Gasteiger partial charge in [0.25, 0.3) is 0 Å². The first-order valence-corrected chi connectivity index (χ1v) is 8.60. The van der Waals surface area contributed by atoms with Crippen LogP contribution in [0.1, 0.15) is 44.1 Å². The van der Waals surface area contributed by atoms with Crippen molar-refractivity contribution in [2.24, 2.45) is 5.41 Å². The minimum atomic E-state index is -0.738. The maximum absolute atomic E-state index is 12.7. The molecule has 0 spiro atoms. The van der Waals surface area contributed by atoms with Crippen LogP contribution in [0.15, 0.2) is 30.3 Å². The smallest absolute Gasteiger partial charge is 0.243 e. The number of amides is 1. The highest BCUT2D eigenvalue weighted by atomic mass is 16.5. The molecule has 1 aromatic rings. The third kappa shape index (κ3) is 3.56. The molecule has 0 aromatic heterocycles. The molecule has 1 saturated carbocycles. The normalized spacial score (nSPS) is 21.1. The molecule has 2 aliphatic rings. The van der Waals surface area contributed by atoms with Crippen LogP contribution in [-0.4, -0.2) is 30.0 Å². The molecule has 1 amide bonds. The molecular formula is C19H24N2O2. The summed E-state index contributed by atoms with van der Waals surface area (Å²) >= 11 is 0. The molecular weight excluding hydrogens is 288 g/mol. The Balaban J connectivity index is 1.48. The quantitative estimate of drug-likeness (QED) is 0.857. The van der Waals surface area contributed by atoms with Gasteiger partial charge >= 0.3 is 0 Å². The number of nitrogens with zero attached hydrogens (tertiary/aromatic N) is 2. The van der Waals surface area contributed by atoms with Gasteiger partial charge in [-0.05, 0) is 31.2 Å². The zero-order valence-electron chi connectivity index (χ0n) is 13.5. The van der Waals surface area contributed by atoms with E-state index in [2.05, 4.69) is 18.2 Å². The summed E-state index contributed by atoms with van der Waals surface area (Å²) in [5.41, 5.74) is 0.443. The minimum absolute atomic E-state index is 0.0546. The van der Waals surface area contributed by atoms with Gasteiger partial charge < -0.3 is 9.64 Å². The van der Waals surface area contributed by atoms with E-state index in [0.717, 1.165) is 38.5 Å². The van der Waals surface area contributed by atoms with Crippen LogP contribution in [0.2, 0.25) is 0 Å². The first-order chi connectivity index (χ1) is 11.2. The second-order valence-corrected chi connectivity index (χ2v) is 6.69. The van der Waals surface area contributed by atoms with Gasteiger partial charge in [0, 0.05) is 13.1 Å². The first-order valence-electron chi connectivity index (χ1n) is 8.60. The topological polar surface area (TPSA) is 53.3 Å². The molecule has 23 heavy (non-hydrogen) atoms. The Morgan fingerprint density at radius 3 is 2.48 bits per heavy atom. The van der Waals surface area contributed by atoms with Gasteiger partial charge in [-0.3, -0.25) is 4.79 Å². The molecule has 122 valence electrons. The monoisotopic (exact) mass is 312 g/mol. The van der Waals surface area contributed by atoms with Gasteiger partial charge in [-0.2, -0.15) is 5.26 Å². The number of benzene rings is 1. The van der Waals surface area contributed by atoms with E-state index < -0.39 is 5.41 Å². The molecule has 0 N–H and O–H groups in total. The zero-order valence-corrected chi connectivity index (χ0v) is 13.5. The Labute approximate surface area is 138 Å². The minimum Gasteiger partial charge on any atom is -0.373 e. The van der Waals surface area contributed by atoms with Crippen molar-refractivity contribution in [3.05, 3.63) is 35.9 Å². The van der Waals surface area contributed by atoms with Crippen LogP contribution in [0.5, 0.6) is 0 Å². The molecule has 3 rings (SSSR count). The molecule has 1 heterocycles. The standard InChI is InChI=1S/C19H24N2O2/c20-15-19(10-4-5-11-19)18(22)21-12-8-17(9-13-21)23-14-16-6-2-1-3-7-16/h1-3,6-7,17H,4-5,8-14H2. The van der Waals surface area contributed by atoms with Crippen molar-refractivity contribution in [2.45, 2.75) is 51.2 Å². The molecule has 1 aliphatic carbocycles. The van der Waals surface area contributed by atoms with Crippen LogP contribution < -0.4 is 0 Å². The lowest BCUT2D eigenvalue weighted by Gasteiger charge is -2.35. The molecule has 1 aromatic carbocycles. The van der Waals surface area contributed by atoms with E-state index in [1.807, 2.05) is 23.1 Å². The maximum atomic E-state index is 12.7. The molecule has 4 nitrogen and oxygen atoms in total. The van der Waals surface area contributed by atoms with E-state index >= 15 is 0 Å². The summed E-state index contributed by atoms with van der Waals surface area (Å²) in [7, 11) is 0. The number of nitriles is 1. The van der Waals surface area contributed by atoms with Crippen molar-refractivity contribution < 1.29 is 9.53 Å². The predicted molar refractivity (Wildman–Crippen MR) is 87.3 cm³/mol. The highest BCUT2D eigenvalue weighted by molar-refractivity contribution is 5.85. The Hall–Kier alpha value is -1.86. The number of likely N-dealkylation sites (tertiary alicyclic amines) is 1. The fourth-order valence-electron chi connectivity index (χ4n) is 3.67. The summed E-state index contributed by atoms with van der Waals surface area (Å²) in [6, 6.07) is 12.5. The van der Waals surface area contributed by atoms with Gasteiger partial charge in [-0.15, -0.1) is 0 Å². The SMILES string of the molecule is N#CC1(C(=O)N2CCC(OCc3ccccc3)CC2)CCCC1. The van der Waals surface area contributed by atoms with Gasteiger partial charge in [-0.25, -0.2) is 0 Å². The summed E-state index contributed by atoms with van der Waals surface area (Å²) < 4.78 is 5.97. The molecule has 0 bridgehead atoms. The third-order valence-corrected chi connectivity index (χ3v) is 5.14. The summed E-state index contributed by atoms with van der Waals surface area (Å²) in [5.74, 6) is 0.0546. The fraction of sp³-hybridized carbons (Fsp3) is 0.579. The molecule has 1 aliphatic heterocycles. The zero-order chi connectivity index (χ0) is 16.1. The number of hydrogen-bond acceptors (Lipinski definition) is 3. The molecule has 1 saturated heterocycles. The summed E-state index contributed by atoms with van der Waals surface area (Å²) in [6.07, 6.45) is 5.38. The molecule has 0 unspecified atom stereocenters. The maximum Gasteiger partial charge on any atom is 0.243 e. The summed E-state index contributed by atoms with van der Waals surface area (Å²) in [6.45, 7) is 2.05. The number of carbonyl (C=O) groups is 1. The molecule has 0 radical (unpaired) electrons.